The van der Waals surface area contributed by atoms with E-state index in [0.717, 1.165) is 5.69 Å². The Bertz CT molecular complexity index is 574. The summed E-state index contributed by atoms with van der Waals surface area (Å²) in [6.07, 6.45) is 3.08. The zero-order valence-electron chi connectivity index (χ0n) is 10.2. The van der Waals surface area contributed by atoms with Crippen molar-refractivity contribution in [2.45, 2.75) is 26.3 Å². The number of hydrogen-bond acceptors (Lipinski definition) is 6. The average molecular weight is 248 g/mol. The van der Waals surface area contributed by atoms with Crippen LogP contribution in [0.5, 0.6) is 0 Å². The Hall–Kier alpha value is -2.38. The minimum atomic E-state index is -1.26. The van der Waals surface area contributed by atoms with Gasteiger partial charge in [0.2, 0.25) is 5.82 Å². The number of nitrogens with zero attached hydrogens (tertiary/aromatic N) is 6. The highest BCUT2D eigenvalue weighted by Crippen LogP contribution is 2.20. The normalized spacial score (nSPS) is 11.5. The average Bonchev–Trinajstić information content (AvgIpc) is 2.79. The number of tetrazole rings is 1. The first-order chi connectivity index (χ1) is 8.43. The quantitative estimate of drug-likeness (QED) is 0.829. The predicted octanol–water partition coefficient (Wildman–Crippen LogP) is 0.258. The number of aliphatic carboxylic acids is 1. The molecule has 0 atom stereocenters. The smallest absolute Gasteiger partial charge is 0.331 e. The summed E-state index contributed by atoms with van der Waals surface area (Å²) < 4.78 is 1.22. The third-order valence-corrected chi connectivity index (χ3v) is 2.53. The molecule has 0 unspecified atom stereocenters. The Morgan fingerprint density at radius 2 is 2.06 bits per heavy atom. The molecule has 0 fully saturated rings. The molecular formula is C10H12N6O2. The number of rotatable bonds is 3. The number of carboxylic acids is 1. The van der Waals surface area contributed by atoms with Crippen LogP contribution in [-0.4, -0.2) is 41.3 Å². The van der Waals surface area contributed by atoms with Gasteiger partial charge < -0.3 is 5.11 Å². The van der Waals surface area contributed by atoms with Crippen molar-refractivity contribution in [3.63, 3.8) is 0 Å². The van der Waals surface area contributed by atoms with Crippen molar-refractivity contribution in [1.29, 1.82) is 0 Å². The lowest BCUT2D eigenvalue weighted by atomic mass is 10.1. The number of hydrogen-bond donors (Lipinski definition) is 1. The molecule has 0 aliphatic rings. The van der Waals surface area contributed by atoms with Gasteiger partial charge in [-0.05, 0) is 31.2 Å². The van der Waals surface area contributed by atoms with Crippen LogP contribution in [0.4, 0.5) is 0 Å². The third kappa shape index (κ3) is 1.92. The molecule has 0 spiro atoms. The Kier molecular flexibility index (Phi) is 2.77. The predicted molar refractivity (Wildman–Crippen MR) is 60.5 cm³/mol. The number of carboxylic acid groups (broad SMARTS) is 1. The number of carbonyl (C=O) groups is 1. The molecule has 0 saturated heterocycles. The summed E-state index contributed by atoms with van der Waals surface area (Å²) in [5.41, 5.74) is -0.0685. The Morgan fingerprint density at radius 1 is 1.33 bits per heavy atom. The van der Waals surface area contributed by atoms with E-state index in [0.29, 0.717) is 5.69 Å². The first-order valence-electron chi connectivity index (χ1n) is 5.24. The van der Waals surface area contributed by atoms with Crippen molar-refractivity contribution in [2.24, 2.45) is 0 Å². The van der Waals surface area contributed by atoms with Gasteiger partial charge in [0.1, 0.15) is 5.69 Å². The molecule has 1 N–H and O–H groups in total. The second-order valence-electron chi connectivity index (χ2n) is 4.32. The molecule has 0 amide bonds. The summed E-state index contributed by atoms with van der Waals surface area (Å²) in [5.74, 6) is -0.758. The molecule has 2 aromatic heterocycles. The van der Waals surface area contributed by atoms with Gasteiger partial charge in [-0.1, -0.05) is 0 Å². The number of aryl methyl sites for hydroxylation is 1. The second kappa shape index (κ2) is 4.13. The summed E-state index contributed by atoms with van der Waals surface area (Å²) in [5, 5.41) is 20.2. The van der Waals surface area contributed by atoms with Crippen LogP contribution >= 0.6 is 0 Å². The molecule has 2 rings (SSSR count). The zero-order valence-corrected chi connectivity index (χ0v) is 10.2. The zero-order chi connectivity index (χ0) is 13.3. The van der Waals surface area contributed by atoms with Gasteiger partial charge in [-0.3, -0.25) is 4.98 Å². The van der Waals surface area contributed by atoms with E-state index in [1.807, 2.05) is 0 Å². The van der Waals surface area contributed by atoms with Crippen LogP contribution in [0.25, 0.3) is 11.5 Å². The van der Waals surface area contributed by atoms with Gasteiger partial charge in [0.25, 0.3) is 0 Å². The summed E-state index contributed by atoms with van der Waals surface area (Å²) in [4.78, 5) is 19.4. The van der Waals surface area contributed by atoms with Crippen LogP contribution in [0.3, 0.4) is 0 Å². The maximum Gasteiger partial charge on any atom is 0.331 e. The molecule has 0 saturated carbocycles. The van der Waals surface area contributed by atoms with Gasteiger partial charge in [-0.2, -0.15) is 0 Å². The highest BCUT2D eigenvalue weighted by molar-refractivity contribution is 5.76. The lowest BCUT2D eigenvalue weighted by molar-refractivity contribution is -0.146. The van der Waals surface area contributed by atoms with E-state index >= 15 is 0 Å². The molecule has 8 heteroatoms. The van der Waals surface area contributed by atoms with Crippen LogP contribution in [0.15, 0.2) is 12.4 Å². The van der Waals surface area contributed by atoms with Gasteiger partial charge >= 0.3 is 5.97 Å². The molecule has 0 radical (unpaired) electrons. The summed E-state index contributed by atoms with van der Waals surface area (Å²) in [7, 11) is 0. The molecule has 18 heavy (non-hydrogen) atoms. The van der Waals surface area contributed by atoms with Crippen molar-refractivity contribution >= 4 is 5.97 Å². The molecule has 0 bridgehead atoms. The lowest BCUT2D eigenvalue weighted by Gasteiger charge is -2.19. The minimum absolute atomic E-state index is 0.273. The largest absolute Gasteiger partial charge is 0.479 e. The van der Waals surface area contributed by atoms with E-state index in [1.54, 1.807) is 13.1 Å². The van der Waals surface area contributed by atoms with Gasteiger partial charge in [0.15, 0.2) is 5.54 Å². The van der Waals surface area contributed by atoms with Crippen molar-refractivity contribution in [3.8, 4) is 11.5 Å². The molecule has 94 valence electrons. The van der Waals surface area contributed by atoms with Gasteiger partial charge in [0.05, 0.1) is 11.9 Å². The lowest BCUT2D eigenvalue weighted by Crippen LogP contribution is -2.37. The fraction of sp³-hybridized carbons (Fsp3) is 0.400. The maximum absolute atomic E-state index is 11.2. The van der Waals surface area contributed by atoms with E-state index in [1.165, 1.54) is 24.7 Å². The van der Waals surface area contributed by atoms with Crippen LogP contribution in [0.1, 0.15) is 19.5 Å². The van der Waals surface area contributed by atoms with Crippen molar-refractivity contribution in [1.82, 2.24) is 30.2 Å². The molecule has 0 aromatic carbocycles. The fourth-order valence-corrected chi connectivity index (χ4v) is 1.32. The molecule has 8 nitrogen and oxygen atoms in total. The van der Waals surface area contributed by atoms with Crippen molar-refractivity contribution in [2.75, 3.05) is 0 Å². The van der Waals surface area contributed by atoms with Gasteiger partial charge in [-0.15, -0.1) is 5.10 Å². The molecular weight excluding hydrogens is 236 g/mol. The van der Waals surface area contributed by atoms with Gasteiger partial charge in [0, 0.05) is 6.20 Å². The highest BCUT2D eigenvalue weighted by Gasteiger charge is 2.34. The summed E-state index contributed by atoms with van der Waals surface area (Å²) in [6, 6.07) is 0. The Balaban J connectivity index is 2.52. The standard InChI is InChI=1S/C10H12N6O2/c1-6-4-12-7(5-11-6)8-13-14-15-16(8)10(2,3)9(17)18/h4-5H,1-3H3,(H,17,18). The van der Waals surface area contributed by atoms with E-state index in [4.69, 9.17) is 0 Å². The highest BCUT2D eigenvalue weighted by atomic mass is 16.4. The Labute approximate surface area is 103 Å². The van der Waals surface area contributed by atoms with Gasteiger partial charge in [-0.25, -0.2) is 14.5 Å². The summed E-state index contributed by atoms with van der Waals surface area (Å²) in [6.45, 7) is 4.83. The molecule has 2 aromatic rings. The van der Waals surface area contributed by atoms with Crippen LogP contribution in [-0.2, 0) is 10.3 Å². The molecule has 0 aliphatic carbocycles. The monoisotopic (exact) mass is 248 g/mol. The SMILES string of the molecule is Cc1cnc(-c2nnnn2C(C)(C)C(=O)O)cn1. The van der Waals surface area contributed by atoms with Crippen LogP contribution in [0, 0.1) is 6.92 Å². The van der Waals surface area contributed by atoms with E-state index < -0.39 is 11.5 Å². The van der Waals surface area contributed by atoms with E-state index in [-0.39, 0.29) is 5.82 Å². The van der Waals surface area contributed by atoms with Crippen molar-refractivity contribution < 1.29 is 9.90 Å². The Morgan fingerprint density at radius 3 is 2.61 bits per heavy atom. The van der Waals surface area contributed by atoms with Crippen LogP contribution in [0.2, 0.25) is 0 Å². The fourth-order valence-electron chi connectivity index (χ4n) is 1.32. The third-order valence-electron chi connectivity index (χ3n) is 2.53. The molecule has 0 aliphatic heterocycles. The molecule has 2 heterocycles. The second-order valence-corrected chi connectivity index (χ2v) is 4.32. The summed E-state index contributed by atoms with van der Waals surface area (Å²) >= 11 is 0. The maximum atomic E-state index is 11.2. The van der Waals surface area contributed by atoms with E-state index in [2.05, 4.69) is 25.5 Å². The first kappa shape index (κ1) is 12.1. The number of aromatic nitrogens is 6. The minimum Gasteiger partial charge on any atom is -0.479 e. The van der Waals surface area contributed by atoms with Crippen molar-refractivity contribution in [3.05, 3.63) is 18.1 Å². The van der Waals surface area contributed by atoms with Crippen LogP contribution < -0.4 is 0 Å². The first-order valence-corrected chi connectivity index (χ1v) is 5.24. The van der Waals surface area contributed by atoms with E-state index in [9.17, 15) is 9.90 Å². The topological polar surface area (TPSA) is 107 Å².